The molecule has 0 bridgehead atoms. The number of methoxy groups -OCH3 is 1. The minimum absolute atomic E-state index is 0.0162. The lowest BCUT2D eigenvalue weighted by molar-refractivity contribution is -0.147. The van der Waals surface area contributed by atoms with E-state index in [1.807, 2.05) is 38.1 Å². The number of rotatable bonds is 15. The molecule has 0 spiro atoms. The zero-order valence-electron chi connectivity index (χ0n) is 20.7. The summed E-state index contributed by atoms with van der Waals surface area (Å²) in [6.45, 7) is 3.70. The molecule has 0 saturated heterocycles. The third-order valence-corrected chi connectivity index (χ3v) is 7.45. The molecule has 0 amide bonds. The summed E-state index contributed by atoms with van der Waals surface area (Å²) in [5.41, 5.74) is 0.640. The summed E-state index contributed by atoms with van der Waals surface area (Å²) in [7, 11) is 1.63. The van der Waals surface area contributed by atoms with Gasteiger partial charge in [-0.05, 0) is 63.6 Å². The van der Waals surface area contributed by atoms with Crippen LogP contribution in [0.25, 0.3) is 0 Å². The Morgan fingerprint density at radius 3 is 2.68 bits per heavy atom. The fourth-order valence-electron chi connectivity index (χ4n) is 4.58. The van der Waals surface area contributed by atoms with E-state index in [9.17, 15) is 20.2 Å². The quantitative estimate of drug-likeness (QED) is 0.103. The largest absolute Gasteiger partial charge is 0.497 e. The summed E-state index contributed by atoms with van der Waals surface area (Å²) in [5.74, 6) is 1.24. The molecule has 1 aromatic carbocycles. The Hall–Kier alpha value is -1.77. The molecule has 1 aromatic rings. The van der Waals surface area contributed by atoms with Crippen LogP contribution in [0.1, 0.15) is 71.6 Å². The van der Waals surface area contributed by atoms with E-state index < -0.39 is 12.2 Å². The summed E-state index contributed by atoms with van der Waals surface area (Å²) < 4.78 is 10.4. The van der Waals surface area contributed by atoms with Gasteiger partial charge in [-0.15, -0.1) is 11.8 Å². The van der Waals surface area contributed by atoms with Crippen LogP contribution < -0.4 is 4.74 Å². The van der Waals surface area contributed by atoms with E-state index in [2.05, 4.69) is 5.16 Å². The van der Waals surface area contributed by atoms with E-state index in [0.717, 1.165) is 42.7 Å². The van der Waals surface area contributed by atoms with Gasteiger partial charge in [-0.2, -0.15) is 0 Å². The van der Waals surface area contributed by atoms with Crippen LogP contribution in [-0.4, -0.2) is 58.3 Å². The van der Waals surface area contributed by atoms with E-state index in [1.165, 1.54) is 0 Å². The number of nitrogens with zero attached hydrogens (tertiary/aromatic N) is 1. The molecular weight excluding hydrogens is 454 g/mol. The predicted molar refractivity (Wildman–Crippen MR) is 135 cm³/mol. The van der Waals surface area contributed by atoms with Crippen molar-refractivity contribution >= 4 is 23.4 Å². The Labute approximate surface area is 207 Å². The molecule has 0 radical (unpaired) electrons. The van der Waals surface area contributed by atoms with Gasteiger partial charge in [-0.1, -0.05) is 30.5 Å². The van der Waals surface area contributed by atoms with Crippen molar-refractivity contribution < 1.29 is 29.7 Å². The number of benzene rings is 1. The molecule has 1 aliphatic carbocycles. The Bertz CT molecular complexity index is 771. The first-order valence-corrected chi connectivity index (χ1v) is 13.4. The molecule has 192 valence electrons. The molecule has 0 aliphatic heterocycles. The average Bonchev–Trinajstić information content (AvgIpc) is 3.12. The number of thioether (sulfide) groups is 1. The normalized spacial score (nSPS) is 22.3. The van der Waals surface area contributed by atoms with Crippen LogP contribution >= 0.6 is 11.8 Å². The molecule has 0 unspecified atom stereocenters. The summed E-state index contributed by atoms with van der Waals surface area (Å²) >= 11 is 1.58. The number of unbranched alkanes of at least 4 members (excludes halogenated alkanes) is 3. The molecule has 3 N–H and O–H groups in total. The topological polar surface area (TPSA) is 109 Å². The van der Waals surface area contributed by atoms with E-state index in [4.69, 9.17) is 9.47 Å². The van der Waals surface area contributed by atoms with Crippen LogP contribution in [-0.2, 0) is 9.53 Å². The van der Waals surface area contributed by atoms with Crippen molar-refractivity contribution in [2.24, 2.45) is 17.0 Å². The van der Waals surface area contributed by atoms with E-state index >= 15 is 0 Å². The molecule has 1 fully saturated rings. The monoisotopic (exact) mass is 495 g/mol. The predicted octanol–water partition coefficient (Wildman–Crippen LogP) is 5.05. The number of ether oxygens (including phenoxy) is 2. The summed E-state index contributed by atoms with van der Waals surface area (Å²) in [4.78, 5) is 12.7. The maximum atomic E-state index is 11.6. The summed E-state index contributed by atoms with van der Waals surface area (Å²) in [5, 5.41) is 34.0. The highest BCUT2D eigenvalue weighted by Gasteiger charge is 2.39. The maximum absolute atomic E-state index is 11.6. The van der Waals surface area contributed by atoms with Crippen LogP contribution in [0.2, 0.25) is 0 Å². The molecule has 2 rings (SSSR count). The van der Waals surface area contributed by atoms with Crippen molar-refractivity contribution in [2.75, 3.05) is 12.9 Å². The maximum Gasteiger partial charge on any atom is 0.306 e. The molecule has 0 aromatic heterocycles. The molecule has 34 heavy (non-hydrogen) atoms. The zero-order chi connectivity index (χ0) is 24.9. The Morgan fingerprint density at radius 1 is 1.21 bits per heavy atom. The van der Waals surface area contributed by atoms with Gasteiger partial charge in [-0.25, -0.2) is 0 Å². The van der Waals surface area contributed by atoms with Crippen LogP contribution in [0.5, 0.6) is 5.75 Å². The molecule has 0 heterocycles. The third kappa shape index (κ3) is 9.84. The number of oxime groups is 1. The standard InChI is InChI=1S/C26H41NO6S/c1-18(2)33-26(30)12-7-5-4-6-11-23-22(24(27-31)16-25(23)29)14-13-19(28)17-34-21-10-8-9-20(15-21)32-3/h8-10,15,18-19,22-23,25,28-29,31H,4-7,11-14,16-17H2,1-3H3/b27-24-/t19-,22-,23-,25+/m1/s1. The number of carbonyl (C=O) groups is 1. The highest BCUT2D eigenvalue weighted by molar-refractivity contribution is 7.99. The number of aliphatic hydroxyl groups excluding tert-OH is 2. The fraction of sp³-hybridized carbons (Fsp3) is 0.692. The van der Waals surface area contributed by atoms with Crippen LogP contribution in [0, 0.1) is 11.8 Å². The first kappa shape index (κ1) is 28.5. The van der Waals surface area contributed by atoms with Crippen molar-refractivity contribution in [1.82, 2.24) is 0 Å². The van der Waals surface area contributed by atoms with Gasteiger partial charge in [0.15, 0.2) is 0 Å². The molecular formula is C26H41NO6S. The molecule has 4 atom stereocenters. The van der Waals surface area contributed by atoms with Gasteiger partial charge in [0.1, 0.15) is 5.75 Å². The lowest BCUT2D eigenvalue weighted by atomic mass is 9.85. The first-order valence-electron chi connectivity index (χ1n) is 12.4. The van der Waals surface area contributed by atoms with Gasteiger partial charge < -0.3 is 24.9 Å². The van der Waals surface area contributed by atoms with Gasteiger partial charge in [0.2, 0.25) is 0 Å². The average molecular weight is 496 g/mol. The number of carbonyl (C=O) groups excluding carboxylic acids is 1. The van der Waals surface area contributed by atoms with Gasteiger partial charge >= 0.3 is 5.97 Å². The number of hydrogen-bond donors (Lipinski definition) is 3. The fourth-order valence-corrected chi connectivity index (χ4v) is 5.51. The molecule has 7 nitrogen and oxygen atoms in total. The molecule has 1 aliphatic rings. The highest BCUT2D eigenvalue weighted by Crippen LogP contribution is 2.37. The van der Waals surface area contributed by atoms with Crippen molar-refractivity contribution in [2.45, 2.75) is 94.8 Å². The number of esters is 1. The van der Waals surface area contributed by atoms with Gasteiger partial charge in [0.25, 0.3) is 0 Å². The van der Waals surface area contributed by atoms with Crippen LogP contribution in [0.4, 0.5) is 0 Å². The van der Waals surface area contributed by atoms with E-state index in [-0.39, 0.29) is 23.9 Å². The number of aliphatic hydroxyl groups is 2. The van der Waals surface area contributed by atoms with Crippen molar-refractivity contribution in [3.8, 4) is 5.75 Å². The second-order valence-electron chi connectivity index (χ2n) is 9.35. The van der Waals surface area contributed by atoms with Gasteiger partial charge in [0, 0.05) is 29.4 Å². The van der Waals surface area contributed by atoms with Crippen LogP contribution in [0.15, 0.2) is 34.3 Å². The van der Waals surface area contributed by atoms with Gasteiger partial charge in [0.05, 0.1) is 31.1 Å². The van der Waals surface area contributed by atoms with Gasteiger partial charge in [-0.3, -0.25) is 4.79 Å². The number of hydrogen-bond acceptors (Lipinski definition) is 8. The van der Waals surface area contributed by atoms with E-state index in [1.54, 1.807) is 18.9 Å². The van der Waals surface area contributed by atoms with E-state index in [0.29, 0.717) is 37.1 Å². The minimum atomic E-state index is -0.514. The zero-order valence-corrected chi connectivity index (χ0v) is 21.5. The lowest BCUT2D eigenvalue weighted by Gasteiger charge is -2.23. The highest BCUT2D eigenvalue weighted by atomic mass is 32.2. The summed E-state index contributed by atoms with van der Waals surface area (Å²) in [6.07, 6.45) is 5.56. The smallest absolute Gasteiger partial charge is 0.306 e. The van der Waals surface area contributed by atoms with Crippen LogP contribution in [0.3, 0.4) is 0 Å². The minimum Gasteiger partial charge on any atom is -0.497 e. The summed E-state index contributed by atoms with van der Waals surface area (Å²) in [6, 6.07) is 7.76. The molecule has 1 saturated carbocycles. The Kier molecular flexibility index (Phi) is 12.8. The Morgan fingerprint density at radius 2 is 1.97 bits per heavy atom. The second kappa shape index (κ2) is 15.3. The SMILES string of the molecule is COc1cccc(SC[C@H](O)CC[C@H]2/C(=N\O)C[C@H](O)[C@@H]2CCCCCCC(=O)OC(C)C)c1. The first-order chi connectivity index (χ1) is 16.3. The van der Waals surface area contributed by atoms with Crippen molar-refractivity contribution in [1.29, 1.82) is 0 Å². The van der Waals surface area contributed by atoms with Crippen molar-refractivity contribution in [3.63, 3.8) is 0 Å². The third-order valence-electron chi connectivity index (χ3n) is 6.32. The second-order valence-corrected chi connectivity index (χ2v) is 10.4. The molecule has 8 heteroatoms. The Balaban J connectivity index is 1.74. The lowest BCUT2D eigenvalue weighted by Crippen LogP contribution is -2.23. The van der Waals surface area contributed by atoms with Crippen molar-refractivity contribution in [3.05, 3.63) is 24.3 Å².